The molecule has 1 atom stereocenters. The van der Waals surface area contributed by atoms with Crippen molar-refractivity contribution in [2.45, 2.75) is 13.0 Å². The second kappa shape index (κ2) is 8.26. The van der Waals surface area contributed by atoms with E-state index < -0.39 is 23.8 Å². The van der Waals surface area contributed by atoms with Gasteiger partial charge in [-0.05, 0) is 42.8 Å². The molecular weight excluding hydrogens is 333 g/mol. The van der Waals surface area contributed by atoms with Gasteiger partial charge in [-0.3, -0.25) is 4.79 Å². The normalized spacial score (nSPS) is 12.0. The van der Waals surface area contributed by atoms with E-state index in [0.29, 0.717) is 5.02 Å². The van der Waals surface area contributed by atoms with Crippen molar-refractivity contribution in [3.8, 4) is 0 Å². The van der Waals surface area contributed by atoms with Gasteiger partial charge in [0, 0.05) is 11.1 Å². The number of esters is 1. The van der Waals surface area contributed by atoms with Gasteiger partial charge in [-0.2, -0.15) is 0 Å². The molecule has 2 rings (SSSR count). The second-order valence-corrected chi connectivity index (χ2v) is 5.37. The number of para-hydroxylation sites is 1. The van der Waals surface area contributed by atoms with Crippen molar-refractivity contribution in [1.29, 1.82) is 0 Å². The Labute approximate surface area is 143 Å². The Bertz CT molecular complexity index is 759. The van der Waals surface area contributed by atoms with Crippen LogP contribution in [0.15, 0.2) is 54.6 Å². The van der Waals surface area contributed by atoms with E-state index in [1.54, 1.807) is 36.4 Å². The van der Waals surface area contributed by atoms with Crippen LogP contribution in [0.4, 0.5) is 10.1 Å². The van der Waals surface area contributed by atoms with E-state index in [0.717, 1.165) is 5.56 Å². The topological polar surface area (TPSA) is 55.4 Å². The van der Waals surface area contributed by atoms with E-state index in [4.69, 9.17) is 16.3 Å². The van der Waals surface area contributed by atoms with Crippen molar-refractivity contribution in [2.24, 2.45) is 0 Å². The quantitative estimate of drug-likeness (QED) is 0.655. The minimum Gasteiger partial charge on any atom is -0.449 e. The molecular formula is C18H15ClFNO3. The highest BCUT2D eigenvalue weighted by molar-refractivity contribution is 6.30. The molecule has 1 N–H and O–H groups in total. The van der Waals surface area contributed by atoms with Crippen LogP contribution in [0.2, 0.25) is 5.02 Å². The number of hydrogen-bond donors (Lipinski definition) is 1. The zero-order chi connectivity index (χ0) is 17.5. The van der Waals surface area contributed by atoms with Crippen molar-refractivity contribution in [3.05, 3.63) is 71.0 Å². The van der Waals surface area contributed by atoms with Gasteiger partial charge in [0.1, 0.15) is 5.82 Å². The molecule has 0 spiro atoms. The summed E-state index contributed by atoms with van der Waals surface area (Å²) in [7, 11) is 0. The maximum Gasteiger partial charge on any atom is 0.331 e. The van der Waals surface area contributed by atoms with Crippen LogP contribution in [-0.2, 0) is 14.3 Å². The zero-order valence-electron chi connectivity index (χ0n) is 12.8. The fraction of sp³-hybridized carbons (Fsp3) is 0.111. The molecule has 0 fully saturated rings. The molecule has 0 aliphatic rings. The standard InChI is InChI=1S/C18H15ClFNO3/c1-12(18(23)21-16-5-3-2-4-15(16)20)24-17(22)11-8-13-6-9-14(19)10-7-13/h2-12H,1H3,(H,21,23)/b11-8+/t12-/m0/s1. The van der Waals surface area contributed by atoms with Gasteiger partial charge in [0.05, 0.1) is 5.69 Å². The number of amides is 1. The summed E-state index contributed by atoms with van der Waals surface area (Å²) >= 11 is 5.77. The molecule has 0 aliphatic carbocycles. The molecule has 124 valence electrons. The lowest BCUT2D eigenvalue weighted by molar-refractivity contribution is -0.148. The summed E-state index contributed by atoms with van der Waals surface area (Å²) in [5, 5.41) is 2.96. The first-order valence-electron chi connectivity index (χ1n) is 7.15. The van der Waals surface area contributed by atoms with Gasteiger partial charge in [-0.15, -0.1) is 0 Å². The third-order valence-electron chi connectivity index (χ3n) is 3.08. The summed E-state index contributed by atoms with van der Waals surface area (Å²) in [5.74, 6) is -1.86. The highest BCUT2D eigenvalue weighted by atomic mass is 35.5. The number of carbonyl (C=O) groups is 2. The van der Waals surface area contributed by atoms with Gasteiger partial charge < -0.3 is 10.1 Å². The summed E-state index contributed by atoms with van der Waals surface area (Å²) in [6.45, 7) is 1.41. The molecule has 4 nitrogen and oxygen atoms in total. The number of halogens is 2. The Balaban J connectivity index is 1.90. The number of carbonyl (C=O) groups excluding carboxylic acids is 2. The molecule has 0 saturated heterocycles. The summed E-state index contributed by atoms with van der Waals surface area (Å²) < 4.78 is 18.5. The smallest absolute Gasteiger partial charge is 0.331 e. The summed E-state index contributed by atoms with van der Waals surface area (Å²) in [4.78, 5) is 23.6. The second-order valence-electron chi connectivity index (χ2n) is 4.93. The fourth-order valence-corrected chi connectivity index (χ4v) is 1.93. The summed E-state index contributed by atoms with van der Waals surface area (Å²) in [5.41, 5.74) is 0.793. The Morgan fingerprint density at radius 1 is 1.17 bits per heavy atom. The van der Waals surface area contributed by atoms with E-state index in [9.17, 15) is 14.0 Å². The Morgan fingerprint density at radius 3 is 2.50 bits per heavy atom. The predicted molar refractivity (Wildman–Crippen MR) is 91.1 cm³/mol. The van der Waals surface area contributed by atoms with Gasteiger partial charge in [-0.25, -0.2) is 9.18 Å². The average Bonchev–Trinajstić information content (AvgIpc) is 2.56. The Morgan fingerprint density at radius 2 is 1.83 bits per heavy atom. The molecule has 24 heavy (non-hydrogen) atoms. The van der Waals surface area contributed by atoms with Gasteiger partial charge in [0.15, 0.2) is 6.10 Å². The molecule has 1 amide bonds. The number of nitrogens with one attached hydrogen (secondary N) is 1. The third-order valence-corrected chi connectivity index (χ3v) is 3.33. The first-order chi connectivity index (χ1) is 11.5. The number of anilines is 1. The molecule has 0 aliphatic heterocycles. The molecule has 0 radical (unpaired) electrons. The maximum absolute atomic E-state index is 13.5. The highest BCUT2D eigenvalue weighted by Crippen LogP contribution is 2.13. The largest absolute Gasteiger partial charge is 0.449 e. The number of benzene rings is 2. The van der Waals surface area contributed by atoms with Gasteiger partial charge in [-0.1, -0.05) is 35.9 Å². The van der Waals surface area contributed by atoms with Crippen molar-refractivity contribution < 1.29 is 18.7 Å². The van der Waals surface area contributed by atoms with Crippen LogP contribution in [0.1, 0.15) is 12.5 Å². The number of ether oxygens (including phenoxy) is 1. The first kappa shape index (κ1) is 17.7. The maximum atomic E-state index is 13.5. The first-order valence-corrected chi connectivity index (χ1v) is 7.53. The van der Waals surface area contributed by atoms with Crippen molar-refractivity contribution in [3.63, 3.8) is 0 Å². The number of rotatable bonds is 5. The molecule has 0 heterocycles. The van der Waals surface area contributed by atoms with Gasteiger partial charge in [0.2, 0.25) is 0 Å². The number of hydrogen-bond acceptors (Lipinski definition) is 3. The SMILES string of the molecule is C[C@H](OC(=O)/C=C/c1ccc(Cl)cc1)C(=O)Nc1ccccc1F. The van der Waals surface area contributed by atoms with E-state index in [2.05, 4.69) is 5.32 Å². The summed E-state index contributed by atoms with van der Waals surface area (Å²) in [6.07, 6.45) is 1.68. The minimum absolute atomic E-state index is 0.0297. The molecule has 2 aromatic rings. The van der Waals surface area contributed by atoms with Gasteiger partial charge >= 0.3 is 5.97 Å². The molecule has 0 unspecified atom stereocenters. The van der Waals surface area contributed by atoms with Crippen molar-refractivity contribution >= 4 is 35.2 Å². The van der Waals surface area contributed by atoms with Crippen LogP contribution >= 0.6 is 11.6 Å². The minimum atomic E-state index is -1.06. The van der Waals surface area contributed by atoms with Crippen LogP contribution in [0.5, 0.6) is 0 Å². The third kappa shape index (κ3) is 5.21. The lowest BCUT2D eigenvalue weighted by atomic mass is 10.2. The van der Waals surface area contributed by atoms with Crippen LogP contribution < -0.4 is 5.32 Å². The molecule has 0 bridgehead atoms. The predicted octanol–water partition coefficient (Wildman–Crippen LogP) is 4.06. The lowest BCUT2D eigenvalue weighted by Crippen LogP contribution is -2.29. The van der Waals surface area contributed by atoms with Gasteiger partial charge in [0.25, 0.3) is 5.91 Å². The fourth-order valence-electron chi connectivity index (χ4n) is 1.80. The van der Waals surface area contributed by atoms with Crippen LogP contribution in [0.25, 0.3) is 6.08 Å². The molecule has 0 aromatic heterocycles. The van der Waals surface area contributed by atoms with E-state index in [1.165, 1.54) is 31.2 Å². The van der Waals surface area contributed by atoms with Crippen LogP contribution in [0, 0.1) is 5.82 Å². The van der Waals surface area contributed by atoms with Crippen LogP contribution in [0.3, 0.4) is 0 Å². The van der Waals surface area contributed by atoms with Crippen molar-refractivity contribution in [1.82, 2.24) is 0 Å². The van der Waals surface area contributed by atoms with E-state index >= 15 is 0 Å². The zero-order valence-corrected chi connectivity index (χ0v) is 13.6. The highest BCUT2D eigenvalue weighted by Gasteiger charge is 2.17. The van der Waals surface area contributed by atoms with Crippen molar-refractivity contribution in [2.75, 3.05) is 5.32 Å². The average molecular weight is 348 g/mol. The molecule has 2 aromatic carbocycles. The molecule has 6 heteroatoms. The summed E-state index contributed by atoms with van der Waals surface area (Å²) in [6, 6.07) is 12.6. The van der Waals surface area contributed by atoms with Crippen LogP contribution in [-0.4, -0.2) is 18.0 Å². The Hall–Kier alpha value is -2.66. The monoisotopic (exact) mass is 347 g/mol. The lowest BCUT2D eigenvalue weighted by Gasteiger charge is -2.12. The molecule has 0 saturated carbocycles. The van der Waals surface area contributed by atoms with E-state index in [-0.39, 0.29) is 5.69 Å². The van der Waals surface area contributed by atoms with E-state index in [1.807, 2.05) is 0 Å². The Kier molecular flexibility index (Phi) is 6.09.